The fourth-order valence-electron chi connectivity index (χ4n) is 3.52. The topological polar surface area (TPSA) is 60.3 Å². The summed E-state index contributed by atoms with van der Waals surface area (Å²) in [6.07, 6.45) is 0. The number of anilines is 1. The van der Waals surface area contributed by atoms with Crippen LogP contribution < -0.4 is 15.0 Å². The van der Waals surface area contributed by atoms with E-state index in [1.54, 1.807) is 13.2 Å². The second-order valence-electron chi connectivity index (χ2n) is 6.94. The quantitative estimate of drug-likeness (QED) is 0.615. The van der Waals surface area contributed by atoms with Crippen LogP contribution >= 0.6 is 0 Å². The number of rotatable bonds is 5. The SMILES string of the molecule is CCNC(=NCc1ccc(OC)c(C)c1)N1CCN(c2ccccc2O)CC1. The molecule has 0 spiro atoms. The molecule has 0 aromatic heterocycles. The molecule has 1 heterocycles. The van der Waals surface area contributed by atoms with E-state index in [9.17, 15) is 5.11 Å². The van der Waals surface area contributed by atoms with Crippen molar-refractivity contribution in [3.8, 4) is 11.5 Å². The molecule has 2 N–H and O–H groups in total. The van der Waals surface area contributed by atoms with Gasteiger partial charge in [-0.05, 0) is 43.2 Å². The lowest BCUT2D eigenvalue weighted by Gasteiger charge is -2.37. The molecule has 1 aliphatic heterocycles. The zero-order valence-corrected chi connectivity index (χ0v) is 17.0. The Morgan fingerprint density at radius 1 is 1.14 bits per heavy atom. The maximum absolute atomic E-state index is 10.1. The second-order valence-corrected chi connectivity index (χ2v) is 6.94. The minimum absolute atomic E-state index is 0.339. The highest BCUT2D eigenvalue weighted by Gasteiger charge is 2.21. The number of hydrogen-bond donors (Lipinski definition) is 2. The van der Waals surface area contributed by atoms with Crippen molar-refractivity contribution in [3.63, 3.8) is 0 Å². The largest absolute Gasteiger partial charge is 0.506 e. The van der Waals surface area contributed by atoms with Gasteiger partial charge in [0.2, 0.25) is 0 Å². The van der Waals surface area contributed by atoms with Crippen LogP contribution in [0.5, 0.6) is 11.5 Å². The minimum atomic E-state index is 0.339. The Balaban J connectivity index is 1.65. The standard InChI is InChI=1S/C22H30N4O2/c1-4-23-22(24-16-18-9-10-21(28-3)17(2)15-18)26-13-11-25(12-14-26)19-7-5-6-8-20(19)27/h5-10,15,27H,4,11-14,16H2,1-3H3,(H,23,24). The number of hydrogen-bond acceptors (Lipinski definition) is 4. The molecule has 0 bridgehead atoms. The van der Waals surface area contributed by atoms with E-state index in [0.29, 0.717) is 12.3 Å². The van der Waals surface area contributed by atoms with Gasteiger partial charge in [0.15, 0.2) is 5.96 Å². The summed E-state index contributed by atoms with van der Waals surface area (Å²) in [6, 6.07) is 13.7. The molecule has 1 aliphatic rings. The summed E-state index contributed by atoms with van der Waals surface area (Å²) < 4.78 is 5.34. The van der Waals surface area contributed by atoms with Gasteiger partial charge in [-0.15, -0.1) is 0 Å². The van der Waals surface area contributed by atoms with E-state index in [1.165, 1.54) is 5.56 Å². The number of methoxy groups -OCH3 is 1. The van der Waals surface area contributed by atoms with Crippen LogP contribution in [0.3, 0.4) is 0 Å². The van der Waals surface area contributed by atoms with E-state index in [0.717, 1.165) is 55.7 Å². The first-order valence-corrected chi connectivity index (χ1v) is 9.82. The monoisotopic (exact) mass is 382 g/mol. The van der Waals surface area contributed by atoms with E-state index in [-0.39, 0.29) is 0 Å². The number of phenolic OH excluding ortho intramolecular Hbond substituents is 1. The van der Waals surface area contributed by atoms with E-state index in [4.69, 9.17) is 9.73 Å². The van der Waals surface area contributed by atoms with Crippen LogP contribution in [0, 0.1) is 6.92 Å². The highest BCUT2D eigenvalue weighted by Crippen LogP contribution is 2.27. The first kappa shape index (κ1) is 19.9. The Bertz CT molecular complexity index is 814. The number of benzene rings is 2. The molecule has 0 unspecified atom stereocenters. The molecule has 0 aliphatic carbocycles. The molecule has 0 saturated carbocycles. The zero-order chi connectivity index (χ0) is 19.9. The number of piperazine rings is 1. The minimum Gasteiger partial charge on any atom is -0.506 e. The summed E-state index contributed by atoms with van der Waals surface area (Å²) in [4.78, 5) is 9.35. The molecule has 2 aromatic carbocycles. The summed E-state index contributed by atoms with van der Waals surface area (Å²) in [6.45, 7) is 9.03. The van der Waals surface area contributed by atoms with E-state index >= 15 is 0 Å². The van der Waals surface area contributed by atoms with Crippen molar-refractivity contribution in [1.29, 1.82) is 0 Å². The smallest absolute Gasteiger partial charge is 0.194 e. The van der Waals surface area contributed by atoms with E-state index in [2.05, 4.69) is 41.1 Å². The number of ether oxygens (including phenoxy) is 1. The molecule has 3 rings (SSSR count). The maximum Gasteiger partial charge on any atom is 0.194 e. The highest BCUT2D eigenvalue weighted by atomic mass is 16.5. The van der Waals surface area contributed by atoms with E-state index < -0.39 is 0 Å². The van der Waals surface area contributed by atoms with Gasteiger partial charge in [0.1, 0.15) is 11.5 Å². The fraction of sp³-hybridized carbons (Fsp3) is 0.409. The van der Waals surface area contributed by atoms with Crippen LogP contribution in [0.25, 0.3) is 0 Å². The molecule has 2 aromatic rings. The van der Waals surface area contributed by atoms with Crippen molar-refractivity contribution in [2.24, 2.45) is 4.99 Å². The average molecular weight is 383 g/mol. The third-order valence-electron chi connectivity index (χ3n) is 5.01. The van der Waals surface area contributed by atoms with Gasteiger partial charge < -0.3 is 25.0 Å². The van der Waals surface area contributed by atoms with Gasteiger partial charge in [-0.1, -0.05) is 24.3 Å². The fourth-order valence-corrected chi connectivity index (χ4v) is 3.52. The molecule has 150 valence electrons. The van der Waals surface area contributed by atoms with Crippen molar-refractivity contribution < 1.29 is 9.84 Å². The van der Waals surface area contributed by atoms with Crippen molar-refractivity contribution >= 4 is 11.6 Å². The molecule has 0 amide bonds. The predicted molar refractivity (Wildman–Crippen MR) is 114 cm³/mol. The maximum atomic E-state index is 10.1. The number of nitrogens with zero attached hydrogens (tertiary/aromatic N) is 3. The van der Waals surface area contributed by atoms with Crippen LogP contribution in [0.1, 0.15) is 18.1 Å². The molecule has 1 saturated heterocycles. The summed E-state index contributed by atoms with van der Waals surface area (Å²) in [5.74, 6) is 2.18. The molecule has 6 heteroatoms. The van der Waals surface area contributed by atoms with Crippen molar-refractivity contribution in [3.05, 3.63) is 53.6 Å². The lowest BCUT2D eigenvalue weighted by atomic mass is 10.1. The molecule has 0 atom stereocenters. The third kappa shape index (κ3) is 4.68. The van der Waals surface area contributed by atoms with Crippen LogP contribution in [-0.4, -0.2) is 55.8 Å². The van der Waals surface area contributed by atoms with Crippen molar-refractivity contribution in [2.75, 3.05) is 44.7 Å². The van der Waals surface area contributed by atoms with Gasteiger partial charge >= 0.3 is 0 Å². The van der Waals surface area contributed by atoms with Crippen molar-refractivity contribution in [2.45, 2.75) is 20.4 Å². The van der Waals surface area contributed by atoms with Gasteiger partial charge in [-0.3, -0.25) is 0 Å². The Hall–Kier alpha value is -2.89. The molecule has 0 radical (unpaired) electrons. The Morgan fingerprint density at radius 3 is 2.54 bits per heavy atom. The summed E-state index contributed by atoms with van der Waals surface area (Å²) in [5, 5.41) is 13.5. The molecule has 1 fully saturated rings. The van der Waals surface area contributed by atoms with Crippen LogP contribution in [0.15, 0.2) is 47.5 Å². The number of phenols is 1. The first-order chi connectivity index (χ1) is 13.6. The Morgan fingerprint density at radius 2 is 1.89 bits per heavy atom. The molecular formula is C22H30N4O2. The van der Waals surface area contributed by atoms with Gasteiger partial charge in [0.05, 0.1) is 19.3 Å². The van der Waals surface area contributed by atoms with Gasteiger partial charge in [-0.2, -0.15) is 0 Å². The van der Waals surface area contributed by atoms with Crippen molar-refractivity contribution in [1.82, 2.24) is 10.2 Å². The predicted octanol–water partition coefficient (Wildman–Crippen LogP) is 3.00. The summed E-state index contributed by atoms with van der Waals surface area (Å²) in [5.41, 5.74) is 3.19. The van der Waals surface area contributed by atoms with Gasteiger partial charge in [-0.25, -0.2) is 4.99 Å². The number of guanidine groups is 1. The summed E-state index contributed by atoms with van der Waals surface area (Å²) in [7, 11) is 1.69. The van der Waals surface area contributed by atoms with Gasteiger partial charge in [0, 0.05) is 32.7 Å². The zero-order valence-electron chi connectivity index (χ0n) is 17.0. The highest BCUT2D eigenvalue weighted by molar-refractivity contribution is 5.80. The first-order valence-electron chi connectivity index (χ1n) is 9.82. The second kappa shape index (κ2) is 9.35. The van der Waals surface area contributed by atoms with Crippen LogP contribution in [-0.2, 0) is 6.54 Å². The van der Waals surface area contributed by atoms with Gasteiger partial charge in [0.25, 0.3) is 0 Å². The number of aliphatic imine (C=N–C) groups is 1. The summed E-state index contributed by atoms with van der Waals surface area (Å²) >= 11 is 0. The Kier molecular flexibility index (Phi) is 6.63. The Labute approximate surface area is 167 Å². The lowest BCUT2D eigenvalue weighted by Crippen LogP contribution is -2.52. The third-order valence-corrected chi connectivity index (χ3v) is 5.01. The molecule has 28 heavy (non-hydrogen) atoms. The van der Waals surface area contributed by atoms with Crippen LogP contribution in [0.2, 0.25) is 0 Å². The number of aromatic hydroxyl groups is 1. The van der Waals surface area contributed by atoms with E-state index in [1.807, 2.05) is 24.3 Å². The van der Waals surface area contributed by atoms with Crippen LogP contribution in [0.4, 0.5) is 5.69 Å². The average Bonchev–Trinajstić information content (AvgIpc) is 2.72. The lowest BCUT2D eigenvalue weighted by molar-refractivity contribution is 0.369. The number of nitrogens with one attached hydrogen (secondary N) is 1. The molecular weight excluding hydrogens is 352 g/mol. The normalized spacial score (nSPS) is 14.9. The number of para-hydroxylation sites is 2. The molecule has 6 nitrogen and oxygen atoms in total. The number of aryl methyl sites for hydroxylation is 1.